The molecule has 1 fully saturated rings. The summed E-state index contributed by atoms with van der Waals surface area (Å²) in [5.74, 6) is 0.356. The van der Waals surface area contributed by atoms with E-state index in [1.807, 2.05) is 0 Å². The van der Waals surface area contributed by atoms with Crippen molar-refractivity contribution in [1.29, 1.82) is 0 Å². The quantitative estimate of drug-likeness (QED) is 0.675. The van der Waals surface area contributed by atoms with Crippen molar-refractivity contribution in [3.8, 4) is 0 Å². The predicted molar refractivity (Wildman–Crippen MR) is 113 cm³/mol. The number of likely N-dealkylation sites (tertiary alicyclic amines) is 1. The van der Waals surface area contributed by atoms with Crippen LogP contribution >= 0.6 is 23.4 Å². The van der Waals surface area contributed by atoms with Crippen LogP contribution in [0.3, 0.4) is 0 Å². The van der Waals surface area contributed by atoms with Gasteiger partial charge < -0.3 is 0 Å². The van der Waals surface area contributed by atoms with Gasteiger partial charge in [0.05, 0.1) is 5.02 Å². The number of rotatable bonds is 7. The lowest BCUT2D eigenvalue weighted by Crippen LogP contribution is -2.38. The van der Waals surface area contributed by atoms with Crippen molar-refractivity contribution in [3.63, 3.8) is 0 Å². The van der Waals surface area contributed by atoms with Crippen molar-refractivity contribution < 1.29 is 8.42 Å². The molecule has 0 atom stereocenters. The van der Waals surface area contributed by atoms with E-state index in [0.29, 0.717) is 12.5 Å². The molecule has 1 aliphatic heterocycles. The molecule has 7 heteroatoms. The Kier molecular flexibility index (Phi) is 7.22. The molecule has 0 aliphatic carbocycles. The highest BCUT2D eigenvalue weighted by atomic mass is 35.5. The largest absolute Gasteiger partial charge is 0.299 e. The molecular formula is C20H25ClN2O2S2. The highest BCUT2D eigenvalue weighted by Gasteiger charge is 2.23. The highest BCUT2D eigenvalue weighted by molar-refractivity contribution is 7.98. The number of hydrogen-bond donors (Lipinski definition) is 1. The van der Waals surface area contributed by atoms with E-state index in [9.17, 15) is 8.42 Å². The van der Waals surface area contributed by atoms with Gasteiger partial charge in [-0.05, 0) is 61.9 Å². The van der Waals surface area contributed by atoms with Gasteiger partial charge in [0, 0.05) is 18.0 Å². The minimum atomic E-state index is -3.56. The van der Waals surface area contributed by atoms with Crippen LogP contribution in [0, 0.1) is 5.92 Å². The number of piperidine rings is 1. The van der Waals surface area contributed by atoms with Crippen LogP contribution in [0.1, 0.15) is 18.4 Å². The van der Waals surface area contributed by atoms with E-state index in [0.717, 1.165) is 32.5 Å². The molecule has 1 aliphatic rings. The molecule has 0 saturated carbocycles. The second-order valence-corrected chi connectivity index (χ2v) is 9.80. The first-order valence-electron chi connectivity index (χ1n) is 9.08. The van der Waals surface area contributed by atoms with Gasteiger partial charge in [-0.15, -0.1) is 11.8 Å². The Morgan fingerprint density at radius 1 is 1.11 bits per heavy atom. The maximum atomic E-state index is 12.5. The first-order valence-corrected chi connectivity index (χ1v) is 12.2. The molecule has 3 rings (SSSR count). The van der Waals surface area contributed by atoms with E-state index in [-0.39, 0.29) is 9.92 Å². The minimum Gasteiger partial charge on any atom is -0.299 e. The summed E-state index contributed by atoms with van der Waals surface area (Å²) in [5.41, 5.74) is 1.36. The second-order valence-electron chi connectivity index (χ2n) is 6.81. The van der Waals surface area contributed by atoms with Crippen LogP contribution in [-0.4, -0.2) is 39.2 Å². The van der Waals surface area contributed by atoms with Gasteiger partial charge in [-0.3, -0.25) is 4.90 Å². The van der Waals surface area contributed by atoms with Crippen molar-refractivity contribution in [2.75, 3.05) is 25.9 Å². The molecule has 0 spiro atoms. The normalized spacial score (nSPS) is 16.5. The number of nitrogens with zero attached hydrogens (tertiary/aromatic N) is 1. The number of nitrogens with one attached hydrogen (secondary N) is 1. The molecule has 2 aromatic rings. The van der Waals surface area contributed by atoms with Crippen molar-refractivity contribution in [2.45, 2.75) is 29.2 Å². The minimum absolute atomic E-state index is 0.151. The fourth-order valence-electron chi connectivity index (χ4n) is 3.39. The van der Waals surface area contributed by atoms with Gasteiger partial charge >= 0.3 is 0 Å². The van der Waals surface area contributed by atoms with Gasteiger partial charge in [0.25, 0.3) is 0 Å². The maximum Gasteiger partial charge on any atom is 0.242 e. The molecule has 0 aromatic heterocycles. The number of sulfonamides is 1. The second kappa shape index (κ2) is 9.43. The average Bonchev–Trinajstić information content (AvgIpc) is 2.68. The summed E-state index contributed by atoms with van der Waals surface area (Å²) >= 11 is 7.80. The van der Waals surface area contributed by atoms with Crippen LogP contribution in [0.4, 0.5) is 0 Å². The molecular weight excluding hydrogens is 400 g/mol. The van der Waals surface area contributed by atoms with Crippen LogP contribution in [0.2, 0.25) is 5.02 Å². The molecule has 27 heavy (non-hydrogen) atoms. The van der Waals surface area contributed by atoms with Gasteiger partial charge in [0.2, 0.25) is 10.0 Å². The van der Waals surface area contributed by atoms with Crippen molar-refractivity contribution in [2.24, 2.45) is 5.92 Å². The SMILES string of the molecule is CSc1ccccc1CN1CCC(CNS(=O)(=O)c2ccccc2Cl)CC1. The van der Waals surface area contributed by atoms with Crippen LogP contribution in [0.25, 0.3) is 0 Å². The average molecular weight is 425 g/mol. The highest BCUT2D eigenvalue weighted by Crippen LogP contribution is 2.25. The Morgan fingerprint density at radius 2 is 1.78 bits per heavy atom. The van der Waals surface area contributed by atoms with Crippen molar-refractivity contribution in [1.82, 2.24) is 9.62 Å². The third-order valence-corrected chi connectivity index (χ3v) is 7.74. The number of thioether (sulfide) groups is 1. The lowest BCUT2D eigenvalue weighted by Gasteiger charge is -2.32. The topological polar surface area (TPSA) is 49.4 Å². The molecule has 0 bridgehead atoms. The van der Waals surface area contributed by atoms with Crippen molar-refractivity contribution in [3.05, 3.63) is 59.1 Å². The van der Waals surface area contributed by atoms with Crippen molar-refractivity contribution >= 4 is 33.4 Å². The van der Waals surface area contributed by atoms with Crippen LogP contribution in [0.15, 0.2) is 58.3 Å². The number of benzene rings is 2. The summed E-state index contributed by atoms with van der Waals surface area (Å²) < 4.78 is 27.7. The smallest absolute Gasteiger partial charge is 0.242 e. The van der Waals surface area contributed by atoms with E-state index >= 15 is 0 Å². The van der Waals surface area contributed by atoms with Gasteiger partial charge in [0.15, 0.2) is 0 Å². The zero-order valence-corrected chi connectivity index (χ0v) is 17.8. The Bertz CT molecular complexity index is 866. The van der Waals surface area contributed by atoms with E-state index in [4.69, 9.17) is 11.6 Å². The summed E-state index contributed by atoms with van der Waals surface area (Å²) in [5, 5.41) is 0.257. The first-order chi connectivity index (χ1) is 13.0. The zero-order chi connectivity index (χ0) is 19.3. The third-order valence-electron chi connectivity index (χ3n) is 4.98. The first kappa shape index (κ1) is 20.7. The van der Waals surface area contributed by atoms with E-state index in [2.05, 4.69) is 40.1 Å². The molecule has 0 radical (unpaired) electrons. The molecule has 0 amide bonds. The number of hydrogen-bond acceptors (Lipinski definition) is 4. The summed E-state index contributed by atoms with van der Waals surface area (Å²) in [4.78, 5) is 3.93. The van der Waals surface area contributed by atoms with E-state index < -0.39 is 10.0 Å². The Hall–Kier alpha value is -1.05. The molecule has 4 nitrogen and oxygen atoms in total. The fraction of sp³-hybridized carbons (Fsp3) is 0.400. The van der Waals surface area contributed by atoms with E-state index in [1.165, 1.54) is 16.5 Å². The van der Waals surface area contributed by atoms with Gasteiger partial charge in [0.1, 0.15) is 4.90 Å². The summed E-state index contributed by atoms with van der Waals surface area (Å²) in [7, 11) is -3.56. The maximum absolute atomic E-state index is 12.5. The fourth-order valence-corrected chi connectivity index (χ4v) is 5.63. The zero-order valence-electron chi connectivity index (χ0n) is 15.4. The molecule has 2 aromatic carbocycles. The Labute approximate surface area is 171 Å². The lowest BCUT2D eigenvalue weighted by molar-refractivity contribution is 0.177. The van der Waals surface area contributed by atoms with Crippen LogP contribution < -0.4 is 4.72 Å². The summed E-state index contributed by atoms with van der Waals surface area (Å²) in [6.07, 6.45) is 4.09. The third kappa shape index (κ3) is 5.48. The molecule has 1 heterocycles. The lowest BCUT2D eigenvalue weighted by atomic mass is 9.97. The van der Waals surface area contributed by atoms with E-state index in [1.54, 1.807) is 30.0 Å². The molecule has 0 unspecified atom stereocenters. The van der Waals surface area contributed by atoms with Crippen LogP contribution in [-0.2, 0) is 16.6 Å². The van der Waals surface area contributed by atoms with Gasteiger partial charge in [-0.1, -0.05) is 41.9 Å². The summed E-state index contributed by atoms with van der Waals surface area (Å²) in [6, 6.07) is 15.1. The standard InChI is InChI=1S/C20H25ClN2O2S2/c1-26-19-8-4-2-6-17(19)15-23-12-10-16(11-13-23)14-22-27(24,25)20-9-5-3-7-18(20)21/h2-9,16,22H,10-15H2,1H3. The number of halogens is 1. The van der Waals surface area contributed by atoms with Gasteiger partial charge in [-0.25, -0.2) is 13.1 Å². The molecule has 1 saturated heterocycles. The van der Waals surface area contributed by atoms with Crippen LogP contribution in [0.5, 0.6) is 0 Å². The Morgan fingerprint density at radius 3 is 2.48 bits per heavy atom. The monoisotopic (exact) mass is 424 g/mol. The molecule has 1 N–H and O–H groups in total. The summed E-state index contributed by atoms with van der Waals surface area (Å²) in [6.45, 7) is 3.39. The predicted octanol–water partition coefficient (Wildman–Crippen LogP) is 4.25. The molecule has 146 valence electrons. The van der Waals surface area contributed by atoms with Gasteiger partial charge in [-0.2, -0.15) is 0 Å². The Balaban J connectivity index is 1.50.